The molecule has 2 N–H and O–H groups in total. The first-order chi connectivity index (χ1) is 12.7. The van der Waals surface area contributed by atoms with Crippen LogP contribution in [-0.4, -0.2) is 33.8 Å². The molecule has 0 amide bonds. The van der Waals surface area contributed by atoms with Gasteiger partial charge in [-0.2, -0.15) is 0 Å². The molecule has 2 aromatic carbocycles. The van der Waals surface area contributed by atoms with Crippen molar-refractivity contribution in [3.8, 4) is 11.5 Å². The summed E-state index contributed by atoms with van der Waals surface area (Å²) in [6, 6.07) is 16.3. The molecule has 0 radical (unpaired) electrons. The fourth-order valence-electron chi connectivity index (χ4n) is 3.18. The normalized spacial score (nSPS) is 15.3. The number of para-hydroxylation sites is 1. The molecule has 0 aliphatic heterocycles. The number of nitrogens with one attached hydrogen (secondary N) is 2. The molecule has 0 atom stereocenters. The molecule has 1 aliphatic carbocycles. The van der Waals surface area contributed by atoms with Gasteiger partial charge in [-0.1, -0.05) is 30.3 Å². The van der Waals surface area contributed by atoms with E-state index in [0.29, 0.717) is 6.54 Å². The first kappa shape index (κ1) is 18.1. The lowest BCUT2D eigenvalue weighted by atomic mass is 9.95. The van der Waals surface area contributed by atoms with Crippen molar-refractivity contribution in [2.24, 2.45) is 4.99 Å². The van der Waals surface area contributed by atoms with E-state index < -0.39 is 0 Å². The summed E-state index contributed by atoms with van der Waals surface area (Å²) in [6.45, 7) is 1.56. The van der Waals surface area contributed by atoms with Gasteiger partial charge in [-0.05, 0) is 36.6 Å². The van der Waals surface area contributed by atoms with Gasteiger partial charge in [0.05, 0.1) is 14.2 Å². The van der Waals surface area contributed by atoms with Gasteiger partial charge in [0.15, 0.2) is 5.96 Å². The van der Waals surface area contributed by atoms with E-state index in [1.54, 1.807) is 21.3 Å². The van der Waals surface area contributed by atoms with Crippen LogP contribution in [0.15, 0.2) is 53.5 Å². The highest BCUT2D eigenvalue weighted by Gasteiger charge is 2.46. The maximum absolute atomic E-state index is 5.55. The van der Waals surface area contributed by atoms with Gasteiger partial charge in [0.2, 0.25) is 0 Å². The number of nitrogens with zero attached hydrogens (tertiary/aromatic N) is 1. The molecule has 0 heterocycles. The fourth-order valence-corrected chi connectivity index (χ4v) is 3.18. The molecule has 1 fully saturated rings. The van der Waals surface area contributed by atoms with Crippen LogP contribution in [-0.2, 0) is 12.0 Å². The topological polar surface area (TPSA) is 54.9 Å². The maximum atomic E-state index is 5.55. The van der Waals surface area contributed by atoms with Gasteiger partial charge in [0.25, 0.3) is 0 Å². The number of hydrogen-bond donors (Lipinski definition) is 2. The molecule has 5 nitrogen and oxygen atoms in total. The Kier molecular flexibility index (Phi) is 5.66. The van der Waals surface area contributed by atoms with Crippen LogP contribution in [0.2, 0.25) is 0 Å². The number of ether oxygens (including phenoxy) is 2. The quantitative estimate of drug-likeness (QED) is 0.593. The molecule has 1 saturated carbocycles. The molecular formula is C21H27N3O2. The van der Waals surface area contributed by atoms with E-state index in [2.05, 4.69) is 39.9 Å². The Hall–Kier alpha value is -2.69. The zero-order chi connectivity index (χ0) is 18.4. The molecule has 0 spiro atoms. The smallest absolute Gasteiger partial charge is 0.191 e. The molecule has 0 unspecified atom stereocenters. The second-order valence-electron chi connectivity index (χ2n) is 6.61. The van der Waals surface area contributed by atoms with Gasteiger partial charge in [-0.3, -0.25) is 4.99 Å². The number of aliphatic imine (C=N–C) groups is 1. The van der Waals surface area contributed by atoms with Gasteiger partial charge in [-0.25, -0.2) is 0 Å². The Morgan fingerprint density at radius 3 is 2.35 bits per heavy atom. The lowest BCUT2D eigenvalue weighted by molar-refractivity contribution is 0.403. The minimum atomic E-state index is 0.143. The third-order valence-electron chi connectivity index (χ3n) is 4.97. The van der Waals surface area contributed by atoms with Crippen molar-refractivity contribution < 1.29 is 9.47 Å². The summed E-state index contributed by atoms with van der Waals surface area (Å²) >= 11 is 0. The molecule has 3 rings (SSSR count). The highest BCUT2D eigenvalue weighted by atomic mass is 16.5. The van der Waals surface area contributed by atoms with E-state index in [0.717, 1.165) is 36.8 Å². The van der Waals surface area contributed by atoms with Crippen LogP contribution in [0.3, 0.4) is 0 Å². The molecular weight excluding hydrogens is 326 g/mol. The van der Waals surface area contributed by atoms with Crippen LogP contribution < -0.4 is 20.1 Å². The number of methoxy groups -OCH3 is 2. The van der Waals surface area contributed by atoms with Gasteiger partial charge in [-0.15, -0.1) is 0 Å². The van der Waals surface area contributed by atoms with Gasteiger partial charge >= 0.3 is 0 Å². The van der Waals surface area contributed by atoms with Gasteiger partial charge < -0.3 is 20.1 Å². The fraction of sp³-hybridized carbons (Fsp3) is 0.381. The largest absolute Gasteiger partial charge is 0.497 e. The van der Waals surface area contributed by atoms with Crippen LogP contribution in [0, 0.1) is 0 Å². The minimum absolute atomic E-state index is 0.143. The molecule has 0 aromatic heterocycles. The summed E-state index contributed by atoms with van der Waals surface area (Å²) in [7, 11) is 5.21. The Labute approximate surface area is 155 Å². The summed E-state index contributed by atoms with van der Waals surface area (Å²) < 4.78 is 10.7. The second-order valence-corrected chi connectivity index (χ2v) is 6.61. The van der Waals surface area contributed by atoms with Crippen molar-refractivity contribution in [3.05, 3.63) is 59.7 Å². The Balaban J connectivity index is 1.57. The van der Waals surface area contributed by atoms with Crippen molar-refractivity contribution in [2.75, 3.05) is 27.8 Å². The van der Waals surface area contributed by atoms with Crippen LogP contribution in [0.5, 0.6) is 11.5 Å². The Morgan fingerprint density at radius 2 is 1.73 bits per heavy atom. The molecule has 138 valence electrons. The summed E-state index contributed by atoms with van der Waals surface area (Å²) in [6.07, 6.45) is 2.33. The van der Waals surface area contributed by atoms with Gasteiger partial charge in [0.1, 0.15) is 11.5 Å². The van der Waals surface area contributed by atoms with Crippen LogP contribution in [0.1, 0.15) is 24.0 Å². The number of guanidine groups is 1. The highest BCUT2D eigenvalue weighted by molar-refractivity contribution is 5.79. The standard InChI is InChI=1S/C21H27N3O2/c1-22-20(23-14-16-8-10-17(25-2)11-9-16)24-15-21(12-13-21)18-6-4-5-7-19(18)26-3/h4-11H,12-15H2,1-3H3,(H2,22,23,24). The summed E-state index contributed by atoms with van der Waals surface area (Å²) in [4.78, 5) is 4.34. The monoisotopic (exact) mass is 353 g/mol. The van der Waals surface area contributed by atoms with E-state index in [9.17, 15) is 0 Å². The maximum Gasteiger partial charge on any atom is 0.191 e. The van der Waals surface area contributed by atoms with Crippen molar-refractivity contribution in [1.29, 1.82) is 0 Å². The molecule has 1 aliphatic rings. The van der Waals surface area contributed by atoms with E-state index >= 15 is 0 Å². The van der Waals surface area contributed by atoms with E-state index in [1.165, 1.54) is 11.1 Å². The first-order valence-corrected chi connectivity index (χ1v) is 8.92. The zero-order valence-corrected chi connectivity index (χ0v) is 15.7. The number of benzene rings is 2. The predicted octanol–water partition coefficient (Wildman–Crippen LogP) is 3.10. The van der Waals surface area contributed by atoms with Crippen LogP contribution >= 0.6 is 0 Å². The SMILES string of the molecule is CN=C(NCc1ccc(OC)cc1)NCC1(c2ccccc2OC)CC1. The van der Waals surface area contributed by atoms with E-state index in [4.69, 9.17) is 9.47 Å². The third kappa shape index (κ3) is 4.10. The van der Waals surface area contributed by atoms with Crippen molar-refractivity contribution in [3.63, 3.8) is 0 Å². The summed E-state index contributed by atoms with van der Waals surface area (Å²) in [5.74, 6) is 2.64. The highest BCUT2D eigenvalue weighted by Crippen LogP contribution is 2.50. The molecule has 0 saturated heterocycles. The van der Waals surface area contributed by atoms with Gasteiger partial charge in [0, 0.05) is 31.1 Å². The minimum Gasteiger partial charge on any atom is -0.497 e. The molecule has 5 heteroatoms. The van der Waals surface area contributed by atoms with E-state index in [-0.39, 0.29) is 5.41 Å². The Morgan fingerprint density at radius 1 is 1.00 bits per heavy atom. The van der Waals surface area contributed by atoms with Crippen LogP contribution in [0.4, 0.5) is 0 Å². The first-order valence-electron chi connectivity index (χ1n) is 8.92. The van der Waals surface area contributed by atoms with Crippen LogP contribution in [0.25, 0.3) is 0 Å². The third-order valence-corrected chi connectivity index (χ3v) is 4.97. The predicted molar refractivity (Wildman–Crippen MR) is 105 cm³/mol. The second kappa shape index (κ2) is 8.13. The van der Waals surface area contributed by atoms with E-state index in [1.807, 2.05) is 24.3 Å². The number of rotatable bonds is 7. The average Bonchev–Trinajstić information content (AvgIpc) is 3.49. The molecule has 26 heavy (non-hydrogen) atoms. The molecule has 2 aromatic rings. The summed E-state index contributed by atoms with van der Waals surface area (Å²) in [5.41, 5.74) is 2.60. The number of hydrogen-bond acceptors (Lipinski definition) is 3. The zero-order valence-electron chi connectivity index (χ0n) is 15.7. The summed E-state index contributed by atoms with van der Waals surface area (Å²) in [5, 5.41) is 6.84. The van der Waals surface area contributed by atoms with Crippen molar-refractivity contribution in [1.82, 2.24) is 10.6 Å². The van der Waals surface area contributed by atoms with Crippen molar-refractivity contribution >= 4 is 5.96 Å². The lowest BCUT2D eigenvalue weighted by Gasteiger charge is -2.21. The lowest BCUT2D eigenvalue weighted by Crippen LogP contribution is -2.41. The average molecular weight is 353 g/mol. The Bertz CT molecular complexity index is 752. The molecule has 0 bridgehead atoms. The van der Waals surface area contributed by atoms with Crippen molar-refractivity contribution in [2.45, 2.75) is 24.8 Å².